The van der Waals surface area contributed by atoms with E-state index in [9.17, 15) is 13.2 Å². The van der Waals surface area contributed by atoms with Crippen molar-refractivity contribution in [3.63, 3.8) is 0 Å². The zero-order chi connectivity index (χ0) is 14.0. The van der Waals surface area contributed by atoms with Crippen molar-refractivity contribution in [2.24, 2.45) is 0 Å². The number of imidazole rings is 1. The Hall–Kier alpha value is -1.66. The lowest BCUT2D eigenvalue weighted by atomic mass is 10.1. The summed E-state index contributed by atoms with van der Waals surface area (Å²) in [6, 6.07) is 6.08. The van der Waals surface area contributed by atoms with Gasteiger partial charge in [0.1, 0.15) is 5.25 Å². The van der Waals surface area contributed by atoms with E-state index in [0.29, 0.717) is 10.6 Å². The molecule has 1 aromatic heterocycles. The molecule has 1 atom stereocenters. The molecule has 0 saturated carbocycles. The SMILES string of the molecule is CC(C(=O)c1ccc(Cl)cc1)S(=O)(=O)c1ncc[nH]1. The van der Waals surface area contributed by atoms with Crippen molar-refractivity contribution in [1.82, 2.24) is 9.97 Å². The number of nitrogens with zero attached hydrogens (tertiary/aromatic N) is 1. The van der Waals surface area contributed by atoms with Gasteiger partial charge in [-0.3, -0.25) is 4.79 Å². The summed E-state index contributed by atoms with van der Waals surface area (Å²) >= 11 is 5.72. The van der Waals surface area contributed by atoms with Crippen molar-refractivity contribution >= 4 is 27.2 Å². The lowest BCUT2D eigenvalue weighted by Gasteiger charge is -2.10. The van der Waals surface area contributed by atoms with Crippen molar-refractivity contribution in [1.29, 1.82) is 0 Å². The highest BCUT2D eigenvalue weighted by Crippen LogP contribution is 2.17. The first-order valence-corrected chi connectivity index (χ1v) is 7.38. The zero-order valence-corrected chi connectivity index (χ0v) is 11.6. The van der Waals surface area contributed by atoms with Gasteiger partial charge in [0.2, 0.25) is 15.0 Å². The molecule has 2 rings (SSSR count). The van der Waals surface area contributed by atoms with E-state index in [-0.39, 0.29) is 5.16 Å². The van der Waals surface area contributed by atoms with Crippen molar-refractivity contribution in [3.05, 3.63) is 47.2 Å². The molecular weight excluding hydrogens is 288 g/mol. The molecule has 1 N–H and O–H groups in total. The third-order valence-corrected chi connectivity index (χ3v) is 4.87. The van der Waals surface area contributed by atoms with E-state index < -0.39 is 20.9 Å². The number of hydrogen-bond donors (Lipinski definition) is 1. The highest BCUT2D eigenvalue weighted by atomic mass is 35.5. The Morgan fingerprint density at radius 3 is 2.47 bits per heavy atom. The van der Waals surface area contributed by atoms with E-state index in [1.165, 1.54) is 31.5 Å². The highest BCUT2D eigenvalue weighted by molar-refractivity contribution is 7.92. The molecule has 0 aliphatic carbocycles. The monoisotopic (exact) mass is 298 g/mol. The summed E-state index contributed by atoms with van der Waals surface area (Å²) in [4.78, 5) is 18.3. The summed E-state index contributed by atoms with van der Waals surface area (Å²) in [7, 11) is -3.80. The number of ketones is 1. The van der Waals surface area contributed by atoms with Crippen LogP contribution < -0.4 is 0 Å². The number of benzene rings is 1. The molecule has 100 valence electrons. The average molecular weight is 299 g/mol. The Balaban J connectivity index is 2.32. The van der Waals surface area contributed by atoms with Gasteiger partial charge in [0, 0.05) is 23.0 Å². The number of rotatable bonds is 4. The van der Waals surface area contributed by atoms with Gasteiger partial charge in [0.25, 0.3) is 0 Å². The standard InChI is InChI=1S/C12H11ClN2O3S/c1-8(19(17,18)12-14-6-7-15-12)11(16)9-2-4-10(13)5-3-9/h2-8H,1H3,(H,14,15). The normalized spacial score (nSPS) is 13.2. The molecule has 7 heteroatoms. The van der Waals surface area contributed by atoms with Crippen LogP contribution in [0.2, 0.25) is 5.02 Å². The molecule has 0 bridgehead atoms. The third kappa shape index (κ3) is 2.69. The third-order valence-electron chi connectivity index (χ3n) is 2.71. The van der Waals surface area contributed by atoms with Gasteiger partial charge in [0.15, 0.2) is 5.78 Å². The number of hydrogen-bond acceptors (Lipinski definition) is 4. The van der Waals surface area contributed by atoms with Crippen LogP contribution in [0.25, 0.3) is 0 Å². The summed E-state index contributed by atoms with van der Waals surface area (Å²) in [5.74, 6) is -0.493. The van der Waals surface area contributed by atoms with Gasteiger partial charge in [0.05, 0.1) is 0 Å². The molecule has 0 aliphatic heterocycles. The van der Waals surface area contributed by atoms with E-state index in [2.05, 4.69) is 9.97 Å². The summed E-state index contributed by atoms with van der Waals surface area (Å²) in [6.45, 7) is 1.34. The molecule has 0 amide bonds. The number of sulfone groups is 1. The smallest absolute Gasteiger partial charge is 0.225 e. The first-order chi connectivity index (χ1) is 8.93. The van der Waals surface area contributed by atoms with Crippen LogP contribution in [0.15, 0.2) is 41.8 Å². The predicted molar refractivity (Wildman–Crippen MR) is 71.0 cm³/mol. The van der Waals surface area contributed by atoms with Crippen molar-refractivity contribution < 1.29 is 13.2 Å². The van der Waals surface area contributed by atoms with E-state index in [0.717, 1.165) is 0 Å². The van der Waals surface area contributed by atoms with Gasteiger partial charge in [-0.25, -0.2) is 13.4 Å². The van der Waals surface area contributed by atoms with Crippen molar-refractivity contribution in [2.75, 3.05) is 0 Å². The number of Topliss-reactive ketones (excluding diaryl/α,β-unsaturated/α-hetero) is 1. The minimum absolute atomic E-state index is 0.206. The molecule has 0 fully saturated rings. The molecule has 1 heterocycles. The highest BCUT2D eigenvalue weighted by Gasteiger charge is 2.32. The van der Waals surface area contributed by atoms with Crippen molar-refractivity contribution in [2.45, 2.75) is 17.3 Å². The van der Waals surface area contributed by atoms with Crippen LogP contribution in [-0.2, 0) is 9.84 Å². The fourth-order valence-electron chi connectivity index (χ4n) is 1.56. The predicted octanol–water partition coefficient (Wildman–Crippen LogP) is 2.11. The van der Waals surface area contributed by atoms with Crippen LogP contribution in [-0.4, -0.2) is 29.4 Å². The Bertz CT molecular complexity index is 678. The number of carbonyl (C=O) groups is 1. The minimum Gasteiger partial charge on any atom is -0.336 e. The van der Waals surface area contributed by atoms with Gasteiger partial charge >= 0.3 is 0 Å². The Labute approximate surface area is 115 Å². The number of nitrogens with one attached hydrogen (secondary N) is 1. The van der Waals surface area contributed by atoms with Crippen LogP contribution in [0.5, 0.6) is 0 Å². The van der Waals surface area contributed by atoms with Gasteiger partial charge in [-0.2, -0.15) is 0 Å². The summed E-state index contributed by atoms with van der Waals surface area (Å²) in [5, 5.41) is -0.930. The summed E-state index contributed by atoms with van der Waals surface area (Å²) in [5.41, 5.74) is 0.298. The minimum atomic E-state index is -3.80. The number of aromatic amines is 1. The van der Waals surface area contributed by atoms with Crippen LogP contribution >= 0.6 is 11.6 Å². The van der Waals surface area contributed by atoms with Crippen molar-refractivity contribution in [3.8, 4) is 0 Å². The van der Waals surface area contributed by atoms with E-state index in [4.69, 9.17) is 11.6 Å². The van der Waals surface area contributed by atoms with E-state index >= 15 is 0 Å². The second kappa shape index (κ2) is 5.14. The maximum absolute atomic E-state index is 12.1. The molecule has 0 radical (unpaired) electrons. The number of halogens is 1. The van der Waals surface area contributed by atoms with Crippen LogP contribution in [0.1, 0.15) is 17.3 Å². The van der Waals surface area contributed by atoms with Crippen LogP contribution in [0.4, 0.5) is 0 Å². The Morgan fingerprint density at radius 2 is 1.95 bits per heavy atom. The maximum atomic E-state index is 12.1. The molecule has 19 heavy (non-hydrogen) atoms. The Kier molecular flexibility index (Phi) is 3.73. The molecule has 2 aromatic rings. The van der Waals surface area contributed by atoms with Gasteiger partial charge in [-0.05, 0) is 31.2 Å². The number of aromatic nitrogens is 2. The van der Waals surface area contributed by atoms with Gasteiger partial charge in [-0.1, -0.05) is 11.6 Å². The average Bonchev–Trinajstić information content (AvgIpc) is 2.92. The second-order valence-corrected chi connectivity index (χ2v) is 6.57. The quantitative estimate of drug-likeness (QED) is 0.877. The second-order valence-electron chi connectivity index (χ2n) is 3.95. The maximum Gasteiger partial charge on any atom is 0.225 e. The molecule has 0 saturated heterocycles. The van der Waals surface area contributed by atoms with Gasteiger partial charge in [-0.15, -0.1) is 0 Å². The van der Waals surface area contributed by atoms with E-state index in [1.807, 2.05) is 0 Å². The van der Waals surface area contributed by atoms with Crippen LogP contribution in [0, 0.1) is 0 Å². The molecule has 0 spiro atoms. The number of H-pyrrole nitrogens is 1. The van der Waals surface area contributed by atoms with Gasteiger partial charge < -0.3 is 4.98 Å². The molecule has 5 nitrogen and oxygen atoms in total. The molecular formula is C12H11ClN2O3S. The number of carbonyl (C=O) groups excluding carboxylic acids is 1. The van der Waals surface area contributed by atoms with E-state index in [1.54, 1.807) is 12.1 Å². The molecule has 1 unspecified atom stereocenters. The first-order valence-electron chi connectivity index (χ1n) is 5.46. The van der Waals surface area contributed by atoms with Crippen LogP contribution in [0.3, 0.4) is 0 Å². The lowest BCUT2D eigenvalue weighted by Crippen LogP contribution is -2.28. The largest absolute Gasteiger partial charge is 0.336 e. The summed E-state index contributed by atoms with van der Waals surface area (Å²) in [6.07, 6.45) is 2.72. The lowest BCUT2D eigenvalue weighted by molar-refractivity contribution is 0.0991. The fourth-order valence-corrected chi connectivity index (χ4v) is 2.88. The first kappa shape index (κ1) is 13.8. The zero-order valence-electron chi connectivity index (χ0n) is 10.00. The topological polar surface area (TPSA) is 79.9 Å². The Morgan fingerprint density at radius 1 is 1.32 bits per heavy atom. The molecule has 0 aliphatic rings. The fraction of sp³-hybridized carbons (Fsp3) is 0.167. The summed E-state index contributed by atoms with van der Waals surface area (Å²) < 4.78 is 24.3. The molecule has 1 aromatic carbocycles.